The molecule has 1 amide bonds. The molecular formula is C14H17BrFNO2. The Bertz CT molecular complexity index is 500. The molecule has 0 saturated carbocycles. The quantitative estimate of drug-likeness (QED) is 0.863. The Labute approximate surface area is 120 Å². The van der Waals surface area contributed by atoms with Crippen molar-refractivity contribution < 1.29 is 14.3 Å². The van der Waals surface area contributed by atoms with Crippen molar-refractivity contribution in [3.63, 3.8) is 0 Å². The molecule has 0 saturated heterocycles. The maximum atomic E-state index is 13.5. The third-order valence-corrected chi connectivity index (χ3v) is 3.48. The van der Waals surface area contributed by atoms with Gasteiger partial charge in [-0.05, 0) is 38.1 Å². The lowest BCUT2D eigenvalue weighted by atomic mass is 10.1. The number of benzene rings is 1. The van der Waals surface area contributed by atoms with Crippen LogP contribution in [0.5, 0.6) is 0 Å². The van der Waals surface area contributed by atoms with Crippen LogP contribution in [0.2, 0.25) is 0 Å². The number of aliphatic hydroxyl groups excluding tert-OH is 1. The molecule has 0 heterocycles. The van der Waals surface area contributed by atoms with Crippen LogP contribution in [0.1, 0.15) is 19.4 Å². The molecule has 0 bridgehead atoms. The number of carbonyl (C=O) groups is 1. The van der Waals surface area contributed by atoms with E-state index < -0.39 is 11.4 Å². The highest BCUT2D eigenvalue weighted by molar-refractivity contribution is 9.10. The first-order chi connectivity index (χ1) is 8.77. The average Bonchev–Trinajstić information content (AvgIpc) is 2.38. The highest BCUT2D eigenvalue weighted by Gasteiger charge is 2.25. The molecule has 0 aliphatic heterocycles. The first-order valence-electron chi connectivity index (χ1n) is 5.80. The molecule has 0 fully saturated rings. The van der Waals surface area contributed by atoms with Crippen molar-refractivity contribution in [2.75, 3.05) is 13.7 Å². The molecule has 0 unspecified atom stereocenters. The lowest BCUT2D eigenvalue weighted by molar-refractivity contribution is -0.130. The lowest BCUT2D eigenvalue weighted by Crippen LogP contribution is -2.47. The fourth-order valence-corrected chi connectivity index (χ4v) is 1.70. The van der Waals surface area contributed by atoms with Crippen molar-refractivity contribution >= 4 is 27.9 Å². The van der Waals surface area contributed by atoms with E-state index in [-0.39, 0.29) is 12.5 Å². The number of halogens is 2. The molecule has 1 N–H and O–H groups in total. The fraction of sp³-hybridized carbons (Fsp3) is 0.357. The van der Waals surface area contributed by atoms with Crippen LogP contribution in [0, 0.1) is 5.82 Å². The van der Waals surface area contributed by atoms with Gasteiger partial charge in [0.1, 0.15) is 5.82 Å². The Morgan fingerprint density at radius 2 is 2.16 bits per heavy atom. The van der Waals surface area contributed by atoms with E-state index in [1.165, 1.54) is 23.1 Å². The molecule has 19 heavy (non-hydrogen) atoms. The molecule has 0 aliphatic carbocycles. The summed E-state index contributed by atoms with van der Waals surface area (Å²) in [6.45, 7) is 3.35. The van der Waals surface area contributed by atoms with E-state index in [0.717, 1.165) is 4.47 Å². The third-order valence-electron chi connectivity index (χ3n) is 2.99. The second-order valence-electron chi connectivity index (χ2n) is 4.87. The molecule has 0 aliphatic rings. The number of aliphatic hydroxyl groups is 1. The van der Waals surface area contributed by atoms with Gasteiger partial charge in [0.15, 0.2) is 0 Å². The van der Waals surface area contributed by atoms with Gasteiger partial charge in [-0.15, -0.1) is 0 Å². The minimum Gasteiger partial charge on any atom is -0.394 e. The average molecular weight is 330 g/mol. The van der Waals surface area contributed by atoms with Crippen LogP contribution in [-0.4, -0.2) is 35.1 Å². The normalized spacial score (nSPS) is 11.9. The van der Waals surface area contributed by atoms with Gasteiger partial charge in [0.25, 0.3) is 0 Å². The van der Waals surface area contributed by atoms with Crippen LogP contribution < -0.4 is 0 Å². The maximum Gasteiger partial charge on any atom is 0.246 e. The summed E-state index contributed by atoms with van der Waals surface area (Å²) < 4.78 is 14.2. The van der Waals surface area contributed by atoms with Crippen LogP contribution >= 0.6 is 15.9 Å². The molecule has 1 rings (SSSR count). The Balaban J connectivity index is 2.87. The summed E-state index contributed by atoms with van der Waals surface area (Å²) in [5, 5.41) is 9.19. The summed E-state index contributed by atoms with van der Waals surface area (Å²) >= 11 is 3.25. The van der Waals surface area contributed by atoms with Crippen LogP contribution in [0.3, 0.4) is 0 Å². The third kappa shape index (κ3) is 4.14. The SMILES string of the molecule is CN(C(=O)/C=C/c1cc(Br)ccc1F)C(C)(C)CO. The summed E-state index contributed by atoms with van der Waals surface area (Å²) in [5.41, 5.74) is -0.324. The van der Waals surface area contributed by atoms with E-state index in [0.29, 0.717) is 5.56 Å². The van der Waals surface area contributed by atoms with Crippen molar-refractivity contribution in [1.82, 2.24) is 4.90 Å². The minimum absolute atomic E-state index is 0.145. The summed E-state index contributed by atoms with van der Waals surface area (Å²) in [4.78, 5) is 13.3. The monoisotopic (exact) mass is 329 g/mol. The van der Waals surface area contributed by atoms with Gasteiger partial charge in [-0.3, -0.25) is 4.79 Å². The number of hydrogen-bond donors (Lipinski definition) is 1. The fourth-order valence-electron chi connectivity index (χ4n) is 1.32. The smallest absolute Gasteiger partial charge is 0.246 e. The molecule has 0 spiro atoms. The molecule has 104 valence electrons. The molecule has 3 nitrogen and oxygen atoms in total. The van der Waals surface area contributed by atoms with Gasteiger partial charge in [0.2, 0.25) is 5.91 Å². The van der Waals surface area contributed by atoms with Gasteiger partial charge in [-0.1, -0.05) is 15.9 Å². The van der Waals surface area contributed by atoms with E-state index in [1.807, 2.05) is 0 Å². The van der Waals surface area contributed by atoms with Gasteiger partial charge in [0.05, 0.1) is 12.1 Å². The van der Waals surface area contributed by atoms with Crippen LogP contribution in [0.25, 0.3) is 6.08 Å². The van der Waals surface area contributed by atoms with Gasteiger partial charge in [-0.2, -0.15) is 0 Å². The molecule has 0 aromatic heterocycles. The van der Waals surface area contributed by atoms with Gasteiger partial charge in [0, 0.05) is 23.2 Å². The highest BCUT2D eigenvalue weighted by Crippen LogP contribution is 2.17. The van der Waals surface area contributed by atoms with Crippen molar-refractivity contribution in [1.29, 1.82) is 0 Å². The highest BCUT2D eigenvalue weighted by atomic mass is 79.9. The van der Waals surface area contributed by atoms with Gasteiger partial charge in [-0.25, -0.2) is 4.39 Å². The van der Waals surface area contributed by atoms with E-state index in [1.54, 1.807) is 33.0 Å². The van der Waals surface area contributed by atoms with E-state index in [4.69, 9.17) is 0 Å². The van der Waals surface area contributed by atoms with Crippen LogP contribution in [-0.2, 0) is 4.79 Å². The molecule has 1 aromatic rings. The predicted octanol–water partition coefficient (Wildman–Crippen LogP) is 2.83. The second-order valence-corrected chi connectivity index (χ2v) is 5.78. The Kier molecular flexibility index (Phi) is 5.26. The first kappa shape index (κ1) is 15.9. The minimum atomic E-state index is -0.656. The largest absolute Gasteiger partial charge is 0.394 e. The van der Waals surface area contributed by atoms with E-state index in [2.05, 4.69) is 15.9 Å². The maximum absolute atomic E-state index is 13.5. The number of amides is 1. The first-order valence-corrected chi connectivity index (χ1v) is 6.59. The summed E-state index contributed by atoms with van der Waals surface area (Å²) in [7, 11) is 1.60. The molecular weight excluding hydrogens is 313 g/mol. The van der Waals surface area contributed by atoms with Gasteiger partial charge >= 0.3 is 0 Å². The molecule has 1 aromatic carbocycles. The Morgan fingerprint density at radius 3 is 2.74 bits per heavy atom. The molecule has 5 heteroatoms. The van der Waals surface area contributed by atoms with Crippen LogP contribution in [0.15, 0.2) is 28.7 Å². The number of likely N-dealkylation sites (N-methyl/N-ethyl adjacent to an activating group) is 1. The van der Waals surface area contributed by atoms with Crippen molar-refractivity contribution in [3.05, 3.63) is 40.1 Å². The predicted molar refractivity (Wildman–Crippen MR) is 77.1 cm³/mol. The summed E-state index contributed by atoms with van der Waals surface area (Å²) in [6, 6.07) is 4.52. The van der Waals surface area contributed by atoms with Crippen molar-refractivity contribution in [2.45, 2.75) is 19.4 Å². The zero-order chi connectivity index (χ0) is 14.6. The molecule has 0 radical (unpaired) electrons. The molecule has 0 atom stereocenters. The lowest BCUT2D eigenvalue weighted by Gasteiger charge is -2.33. The zero-order valence-electron chi connectivity index (χ0n) is 11.2. The summed E-state index contributed by atoms with van der Waals surface area (Å²) in [6.07, 6.45) is 2.72. The topological polar surface area (TPSA) is 40.5 Å². The number of hydrogen-bond acceptors (Lipinski definition) is 2. The summed E-state index contributed by atoms with van der Waals surface area (Å²) in [5.74, 6) is -0.685. The number of carbonyl (C=O) groups excluding carboxylic acids is 1. The van der Waals surface area contributed by atoms with Crippen molar-refractivity contribution in [3.8, 4) is 0 Å². The van der Waals surface area contributed by atoms with E-state index in [9.17, 15) is 14.3 Å². The zero-order valence-corrected chi connectivity index (χ0v) is 12.7. The van der Waals surface area contributed by atoms with Gasteiger partial charge < -0.3 is 10.0 Å². The van der Waals surface area contributed by atoms with Crippen LogP contribution in [0.4, 0.5) is 4.39 Å². The Morgan fingerprint density at radius 1 is 1.53 bits per heavy atom. The Hall–Kier alpha value is -1.20. The second kappa shape index (κ2) is 6.30. The van der Waals surface area contributed by atoms with Crippen molar-refractivity contribution in [2.24, 2.45) is 0 Å². The van der Waals surface area contributed by atoms with E-state index >= 15 is 0 Å². The number of rotatable bonds is 4. The standard InChI is InChI=1S/C14H17BrFNO2/c1-14(2,9-18)17(3)13(19)7-4-10-8-11(15)5-6-12(10)16/h4-8,18H,9H2,1-3H3/b7-4+. The number of nitrogens with zero attached hydrogens (tertiary/aromatic N) is 1.